The average molecular weight is 829 g/mol. The van der Waals surface area contributed by atoms with E-state index in [1.165, 1.54) is 0 Å². The van der Waals surface area contributed by atoms with Crippen LogP contribution in [0.4, 0.5) is 0 Å². The number of hydrogen-bond donors (Lipinski definition) is 2. The van der Waals surface area contributed by atoms with Crippen molar-refractivity contribution >= 4 is 11.8 Å². The summed E-state index contributed by atoms with van der Waals surface area (Å²) in [6.45, 7) is 1.13. The molecule has 0 aromatic heterocycles. The van der Waals surface area contributed by atoms with Gasteiger partial charge in [0.2, 0.25) is 0 Å². The summed E-state index contributed by atoms with van der Waals surface area (Å²) < 4.78 is 55.3. The largest absolute Gasteiger partial charge is 0.491 e. The molecule has 5 rings (SSSR count). The highest BCUT2D eigenvalue weighted by atomic mass is 32.2. The molecule has 0 bridgehead atoms. The monoisotopic (exact) mass is 828 g/mol. The van der Waals surface area contributed by atoms with Crippen LogP contribution >= 0.6 is 11.8 Å². The first-order valence-electron chi connectivity index (χ1n) is 19.9. The van der Waals surface area contributed by atoms with E-state index >= 15 is 0 Å². The van der Waals surface area contributed by atoms with Gasteiger partial charge in [0.15, 0.2) is 0 Å². The molecule has 0 aliphatic carbocycles. The maximum atomic E-state index is 10.4. The van der Waals surface area contributed by atoms with Gasteiger partial charge in [0.1, 0.15) is 79.9 Å². The predicted molar refractivity (Wildman–Crippen MR) is 228 cm³/mol. The Morgan fingerprint density at radius 1 is 0.356 bits per heavy atom. The molecule has 12 heteroatoms. The number of thioether (sulfide) groups is 1. The molecule has 5 atom stereocenters. The highest BCUT2D eigenvalue weighted by Crippen LogP contribution is 2.21. The molecule has 0 radical (unpaired) electrons. The van der Waals surface area contributed by atoms with Crippen LogP contribution < -0.4 is 18.9 Å². The highest BCUT2D eigenvalue weighted by Gasteiger charge is 2.22. The van der Waals surface area contributed by atoms with Crippen LogP contribution in [0.25, 0.3) is 0 Å². The predicted octanol–water partition coefficient (Wildman–Crippen LogP) is 7.01. The van der Waals surface area contributed by atoms with Gasteiger partial charge >= 0.3 is 0 Å². The molecule has 0 aliphatic rings. The normalized spacial score (nSPS) is 13.8. The Morgan fingerprint density at radius 3 is 1.07 bits per heavy atom. The number of para-hydroxylation sites is 4. The second-order valence-electron chi connectivity index (χ2n) is 13.3. The van der Waals surface area contributed by atoms with Crippen LogP contribution in [-0.2, 0) is 23.7 Å². The van der Waals surface area contributed by atoms with E-state index in [1.807, 2.05) is 140 Å². The molecular formula is C47H56O11S. The molecule has 0 aliphatic heterocycles. The number of hydrogen-bond acceptors (Lipinski definition) is 12. The molecule has 0 saturated heterocycles. The molecular weight excluding hydrogens is 773 g/mol. The van der Waals surface area contributed by atoms with Gasteiger partial charge in [0, 0.05) is 10.6 Å². The molecule has 5 aromatic rings. The molecule has 0 fully saturated rings. The third-order valence-electron chi connectivity index (χ3n) is 8.62. The van der Waals surface area contributed by atoms with Crippen LogP contribution in [0.1, 0.15) is 0 Å². The van der Waals surface area contributed by atoms with E-state index in [9.17, 15) is 10.2 Å². The summed E-state index contributed by atoms with van der Waals surface area (Å²) in [5.74, 6) is 3.50. The lowest BCUT2D eigenvalue weighted by molar-refractivity contribution is -0.130. The first kappa shape index (κ1) is 45.5. The van der Waals surface area contributed by atoms with Crippen LogP contribution in [0.2, 0.25) is 0 Å². The summed E-state index contributed by atoms with van der Waals surface area (Å²) in [6.07, 6.45) is -2.48. The summed E-state index contributed by atoms with van der Waals surface area (Å²) in [6, 6.07) is 48.2. The smallest absolute Gasteiger partial charge is 0.119 e. The number of benzene rings is 5. The maximum Gasteiger partial charge on any atom is 0.119 e. The van der Waals surface area contributed by atoms with Crippen molar-refractivity contribution in [2.24, 2.45) is 0 Å². The van der Waals surface area contributed by atoms with Gasteiger partial charge in [-0.05, 0) is 60.7 Å². The fourth-order valence-corrected chi connectivity index (χ4v) is 6.37. The van der Waals surface area contributed by atoms with Gasteiger partial charge in [0.25, 0.3) is 0 Å². The molecule has 0 amide bonds. The van der Waals surface area contributed by atoms with E-state index in [-0.39, 0.29) is 72.2 Å². The van der Waals surface area contributed by atoms with Gasteiger partial charge in [-0.3, -0.25) is 0 Å². The summed E-state index contributed by atoms with van der Waals surface area (Å²) >= 11 is 1.69. The highest BCUT2D eigenvalue weighted by molar-refractivity contribution is 7.99. The van der Waals surface area contributed by atoms with Gasteiger partial charge in [0.05, 0.1) is 46.2 Å². The van der Waals surface area contributed by atoms with Gasteiger partial charge in [-0.15, -0.1) is 11.8 Å². The molecule has 0 heterocycles. The summed E-state index contributed by atoms with van der Waals surface area (Å²) in [4.78, 5) is 1.13. The first-order valence-corrected chi connectivity index (χ1v) is 20.8. The SMILES string of the molecule is OCCOC(COc1ccccc1)COC(COc1ccccc1)COC(CO)COC(COc1ccccc1)COC(COc1ccccc1)CSc1ccccc1. The Kier molecular flexibility index (Phi) is 21.5. The van der Waals surface area contributed by atoms with Crippen LogP contribution in [0, 0.1) is 0 Å². The summed E-state index contributed by atoms with van der Waals surface area (Å²) in [7, 11) is 0. The minimum Gasteiger partial charge on any atom is -0.491 e. The Bertz CT molecular complexity index is 1700. The van der Waals surface area contributed by atoms with Crippen molar-refractivity contribution in [1.29, 1.82) is 0 Å². The third-order valence-corrected chi connectivity index (χ3v) is 9.76. The number of aliphatic hydroxyl groups is 2. The van der Waals surface area contributed by atoms with Gasteiger partial charge in [-0.25, -0.2) is 0 Å². The van der Waals surface area contributed by atoms with E-state index in [1.54, 1.807) is 11.8 Å². The van der Waals surface area contributed by atoms with Crippen molar-refractivity contribution in [3.05, 3.63) is 152 Å². The number of ether oxygens (including phenoxy) is 9. The zero-order valence-corrected chi connectivity index (χ0v) is 34.1. The second kappa shape index (κ2) is 27.9. The molecule has 5 aromatic carbocycles. The number of rotatable bonds is 31. The molecule has 0 saturated carbocycles. The van der Waals surface area contributed by atoms with Crippen LogP contribution in [0.15, 0.2) is 157 Å². The summed E-state index contributed by atoms with van der Waals surface area (Å²) in [5, 5.41) is 19.8. The Hall–Kier alpha value is -4.63. The van der Waals surface area contributed by atoms with E-state index < -0.39 is 24.4 Å². The first-order chi connectivity index (χ1) is 29.2. The van der Waals surface area contributed by atoms with Crippen LogP contribution in [0.3, 0.4) is 0 Å². The quantitative estimate of drug-likeness (QED) is 0.0447. The second-order valence-corrected chi connectivity index (χ2v) is 14.4. The fraction of sp³-hybridized carbons (Fsp3) is 0.362. The lowest BCUT2D eigenvalue weighted by Gasteiger charge is -2.26. The molecule has 59 heavy (non-hydrogen) atoms. The Balaban J connectivity index is 1.19. The third kappa shape index (κ3) is 18.9. The number of aliphatic hydroxyl groups excluding tert-OH is 2. The minimum absolute atomic E-state index is 0.0615. The van der Waals surface area contributed by atoms with Crippen molar-refractivity contribution in [2.45, 2.75) is 35.4 Å². The molecule has 0 spiro atoms. The summed E-state index contributed by atoms with van der Waals surface area (Å²) in [5.41, 5.74) is 0. The van der Waals surface area contributed by atoms with Crippen molar-refractivity contribution in [3.8, 4) is 23.0 Å². The fourth-order valence-electron chi connectivity index (χ4n) is 5.45. The molecule has 5 unspecified atom stereocenters. The minimum atomic E-state index is -0.689. The average Bonchev–Trinajstić information content (AvgIpc) is 3.30. The van der Waals surface area contributed by atoms with E-state index in [4.69, 9.17) is 42.6 Å². The van der Waals surface area contributed by atoms with E-state index in [0.29, 0.717) is 29.6 Å². The maximum absolute atomic E-state index is 10.4. The van der Waals surface area contributed by atoms with Crippen molar-refractivity contribution < 1.29 is 52.8 Å². The lowest BCUT2D eigenvalue weighted by Crippen LogP contribution is -2.38. The van der Waals surface area contributed by atoms with Crippen molar-refractivity contribution in [2.75, 3.05) is 78.4 Å². The van der Waals surface area contributed by atoms with Crippen molar-refractivity contribution in [1.82, 2.24) is 0 Å². The van der Waals surface area contributed by atoms with Crippen LogP contribution in [0.5, 0.6) is 23.0 Å². The lowest BCUT2D eigenvalue weighted by atomic mass is 10.3. The van der Waals surface area contributed by atoms with Gasteiger partial charge in [-0.1, -0.05) is 91.0 Å². The topological polar surface area (TPSA) is 124 Å². The Labute approximate surface area is 352 Å². The zero-order valence-electron chi connectivity index (χ0n) is 33.3. The van der Waals surface area contributed by atoms with Gasteiger partial charge < -0.3 is 52.8 Å². The Morgan fingerprint density at radius 2 is 0.678 bits per heavy atom. The molecule has 2 N–H and O–H groups in total. The zero-order chi connectivity index (χ0) is 41.0. The standard InChI is InChI=1S/C47H56O11S/c48-26-27-50-43(30-51-38-16-6-1-7-17-38)31-57-44(32-52-39-18-8-2-9-19-39)34-55-42(28-49)29-56-45(33-53-40-20-10-3-11-21-40)35-58-46(36-54-41-22-12-4-13-23-41)37-59-47-24-14-5-15-25-47/h1-25,42-46,48-49H,26-37H2. The van der Waals surface area contributed by atoms with E-state index in [0.717, 1.165) is 10.6 Å². The molecule has 11 nitrogen and oxygen atoms in total. The van der Waals surface area contributed by atoms with Crippen molar-refractivity contribution in [3.63, 3.8) is 0 Å². The van der Waals surface area contributed by atoms with Gasteiger partial charge in [-0.2, -0.15) is 0 Å². The van der Waals surface area contributed by atoms with Crippen LogP contribution in [-0.4, -0.2) is 119 Å². The van der Waals surface area contributed by atoms with E-state index in [2.05, 4.69) is 12.1 Å². The molecule has 316 valence electrons.